The summed E-state index contributed by atoms with van der Waals surface area (Å²) in [5, 5.41) is 3.53. The van der Waals surface area contributed by atoms with E-state index >= 15 is 0 Å². The van der Waals surface area contributed by atoms with Gasteiger partial charge in [-0.3, -0.25) is 0 Å². The summed E-state index contributed by atoms with van der Waals surface area (Å²) in [6.07, 6.45) is 7.39. The van der Waals surface area contributed by atoms with Crippen molar-refractivity contribution in [2.45, 2.75) is 90.8 Å². The van der Waals surface area contributed by atoms with Crippen LogP contribution in [-0.4, -0.2) is 31.5 Å². The fraction of sp³-hybridized carbons (Fsp3) is 0.529. The maximum Gasteiger partial charge on any atom is 0.494 e. The third kappa shape index (κ3) is 4.33. The Kier molecular flexibility index (Phi) is 6.26. The lowest BCUT2D eigenvalue weighted by molar-refractivity contribution is -0.0357. The average molecular weight is 526 g/mol. The Labute approximate surface area is 235 Å². The molecule has 1 atom stereocenters. The molecule has 0 amide bonds. The van der Waals surface area contributed by atoms with Crippen molar-refractivity contribution in [3.8, 4) is 11.1 Å². The molecule has 1 N–H and O–H groups in total. The molecule has 0 bridgehead atoms. The monoisotopic (exact) mass is 525 g/mol. The molecule has 4 aliphatic rings. The second-order valence-corrected chi connectivity index (χ2v) is 13.7. The van der Waals surface area contributed by atoms with Crippen molar-refractivity contribution in [2.75, 3.05) is 13.2 Å². The Morgan fingerprint density at radius 2 is 1.62 bits per heavy atom. The van der Waals surface area contributed by atoms with Crippen LogP contribution in [0.2, 0.25) is 0 Å². The molecule has 39 heavy (non-hydrogen) atoms. The zero-order valence-electron chi connectivity index (χ0n) is 24.9. The van der Waals surface area contributed by atoms with Gasteiger partial charge in [-0.15, -0.1) is 0 Å². The van der Waals surface area contributed by atoms with E-state index in [1.807, 2.05) is 0 Å². The Morgan fingerprint density at radius 3 is 2.18 bits per heavy atom. The highest BCUT2D eigenvalue weighted by Crippen LogP contribution is 2.54. The van der Waals surface area contributed by atoms with Crippen molar-refractivity contribution in [3.05, 3.63) is 71.6 Å². The predicted molar refractivity (Wildman–Crippen MR) is 161 cm³/mol. The molecule has 3 fully saturated rings. The molecule has 5 heteroatoms. The van der Waals surface area contributed by atoms with E-state index in [-0.39, 0.29) is 23.7 Å². The van der Waals surface area contributed by atoms with Gasteiger partial charge < -0.3 is 19.4 Å². The van der Waals surface area contributed by atoms with Crippen LogP contribution in [0.15, 0.2) is 54.9 Å². The highest BCUT2D eigenvalue weighted by molar-refractivity contribution is 6.62. The molecule has 6 rings (SSSR count). The predicted octanol–water partition coefficient (Wildman–Crippen LogP) is 6.96. The summed E-state index contributed by atoms with van der Waals surface area (Å²) in [7, 11) is -0.364. The van der Waals surface area contributed by atoms with Crippen molar-refractivity contribution in [1.29, 1.82) is 0 Å². The van der Waals surface area contributed by atoms with Crippen LogP contribution in [0.25, 0.3) is 16.7 Å². The molecule has 2 aliphatic heterocycles. The maximum absolute atomic E-state index is 6.38. The van der Waals surface area contributed by atoms with Crippen LogP contribution >= 0.6 is 0 Å². The second-order valence-electron chi connectivity index (χ2n) is 13.7. The molecule has 2 aromatic carbocycles. The Bertz CT molecular complexity index is 1330. The van der Waals surface area contributed by atoms with Gasteiger partial charge in [0.2, 0.25) is 0 Å². The van der Waals surface area contributed by atoms with Gasteiger partial charge in [0, 0.05) is 11.9 Å². The van der Waals surface area contributed by atoms with Crippen molar-refractivity contribution in [1.82, 2.24) is 5.32 Å². The molecular weight excluding hydrogens is 481 g/mol. The van der Waals surface area contributed by atoms with E-state index in [2.05, 4.69) is 103 Å². The first-order valence-electron chi connectivity index (χ1n) is 14.8. The van der Waals surface area contributed by atoms with E-state index in [1.165, 1.54) is 59.1 Å². The first kappa shape index (κ1) is 26.9. The number of rotatable bonds is 8. The second kappa shape index (κ2) is 9.09. The minimum atomic E-state index is -0.364. The van der Waals surface area contributed by atoms with Crippen molar-refractivity contribution < 1.29 is 14.0 Å². The normalized spacial score (nSPS) is 23.7. The van der Waals surface area contributed by atoms with Crippen LogP contribution in [-0.2, 0) is 19.5 Å². The first-order chi connectivity index (χ1) is 18.4. The highest BCUT2D eigenvalue weighted by atomic mass is 16.7. The van der Waals surface area contributed by atoms with Crippen molar-refractivity contribution in [2.24, 2.45) is 11.3 Å². The number of allylic oxidation sites excluding steroid dienone is 2. The molecule has 1 saturated carbocycles. The van der Waals surface area contributed by atoms with E-state index in [0.29, 0.717) is 24.5 Å². The molecule has 2 heterocycles. The Morgan fingerprint density at radius 1 is 1.00 bits per heavy atom. The van der Waals surface area contributed by atoms with Crippen LogP contribution in [0.4, 0.5) is 0 Å². The van der Waals surface area contributed by atoms with Gasteiger partial charge in [0.1, 0.15) is 0 Å². The number of benzene rings is 2. The van der Waals surface area contributed by atoms with E-state index in [4.69, 9.17) is 14.0 Å². The minimum absolute atomic E-state index is 0.106. The molecule has 2 aliphatic carbocycles. The Hall–Kier alpha value is -2.34. The van der Waals surface area contributed by atoms with Crippen LogP contribution in [0.1, 0.15) is 90.8 Å². The van der Waals surface area contributed by atoms with E-state index in [1.54, 1.807) is 0 Å². The lowest BCUT2D eigenvalue weighted by Crippen LogP contribution is -2.47. The van der Waals surface area contributed by atoms with Crippen LogP contribution in [0.5, 0.6) is 0 Å². The fourth-order valence-corrected chi connectivity index (χ4v) is 6.58. The molecule has 1 spiro atoms. The van der Waals surface area contributed by atoms with Crippen molar-refractivity contribution in [3.63, 3.8) is 0 Å². The number of hydrogen-bond acceptors (Lipinski definition) is 4. The average Bonchev–Trinajstić information content (AvgIpc) is 3.52. The topological polar surface area (TPSA) is 39.7 Å². The number of nitrogens with one attached hydrogen (secondary N) is 1. The lowest BCUT2D eigenvalue weighted by atomic mass is 9.72. The molecule has 206 valence electrons. The van der Waals surface area contributed by atoms with Gasteiger partial charge in [-0.1, -0.05) is 57.2 Å². The smallest absolute Gasteiger partial charge is 0.399 e. The molecule has 4 nitrogen and oxygen atoms in total. The van der Waals surface area contributed by atoms with E-state index in [9.17, 15) is 0 Å². The molecule has 2 saturated heterocycles. The largest absolute Gasteiger partial charge is 0.494 e. The summed E-state index contributed by atoms with van der Waals surface area (Å²) in [6, 6.07) is 13.6. The van der Waals surface area contributed by atoms with E-state index in [0.717, 1.165) is 11.2 Å². The van der Waals surface area contributed by atoms with Crippen LogP contribution in [0, 0.1) is 11.3 Å². The molecule has 0 radical (unpaired) electrons. The summed E-state index contributed by atoms with van der Waals surface area (Å²) in [5.41, 5.74) is 9.70. The van der Waals surface area contributed by atoms with Gasteiger partial charge in [0.05, 0.1) is 29.8 Å². The number of hydrogen-bond donors (Lipinski definition) is 1. The Balaban J connectivity index is 1.24. The van der Waals surface area contributed by atoms with E-state index < -0.39 is 0 Å². The van der Waals surface area contributed by atoms with Gasteiger partial charge in [0.25, 0.3) is 0 Å². The van der Waals surface area contributed by atoms with Gasteiger partial charge in [0.15, 0.2) is 0 Å². The van der Waals surface area contributed by atoms with Gasteiger partial charge in [-0.2, -0.15) is 0 Å². The maximum atomic E-state index is 6.38. The third-order valence-corrected chi connectivity index (χ3v) is 10.6. The summed E-state index contributed by atoms with van der Waals surface area (Å²) < 4.78 is 18.6. The summed E-state index contributed by atoms with van der Waals surface area (Å²) in [6.45, 7) is 21.0. The molecule has 0 aromatic heterocycles. The third-order valence-electron chi connectivity index (χ3n) is 10.6. The minimum Gasteiger partial charge on any atom is -0.399 e. The number of fused-ring (bicyclic) bond motifs is 5. The quantitative estimate of drug-likeness (QED) is 0.378. The fourth-order valence-electron chi connectivity index (χ4n) is 6.58. The molecule has 0 unspecified atom stereocenters. The van der Waals surface area contributed by atoms with Crippen molar-refractivity contribution >= 4 is 18.2 Å². The highest BCUT2D eigenvalue weighted by Gasteiger charge is 2.53. The summed E-state index contributed by atoms with van der Waals surface area (Å²) in [4.78, 5) is 0. The SMILES string of the molecule is C=C(N/C=C(\C)c1ccc2c(c1)C1(COC1)c1cc(B3OC(C)(C)C(C)(C)O3)ccc1-2)[C@@H](C)CC1(CC)CC1. The zero-order chi connectivity index (χ0) is 27.8. The number of ether oxygens (including phenoxy) is 1. The van der Waals surface area contributed by atoms with Crippen LogP contribution in [0.3, 0.4) is 0 Å². The van der Waals surface area contributed by atoms with Gasteiger partial charge in [-0.25, -0.2) is 0 Å². The first-order valence-corrected chi connectivity index (χ1v) is 14.8. The molecular formula is C34H44BNO3. The van der Waals surface area contributed by atoms with Gasteiger partial charge >= 0.3 is 7.12 Å². The zero-order valence-corrected chi connectivity index (χ0v) is 24.9. The van der Waals surface area contributed by atoms with Gasteiger partial charge in [-0.05, 0) is 110 Å². The lowest BCUT2D eigenvalue weighted by Gasteiger charge is -2.40. The summed E-state index contributed by atoms with van der Waals surface area (Å²) >= 11 is 0. The van der Waals surface area contributed by atoms with Crippen LogP contribution < -0.4 is 10.8 Å². The standard InChI is InChI=1S/C34H44BNO3/c1-9-33(14-15-33)18-22(2)24(4)36-19-23(3)25-10-12-27-28-13-11-26(35-38-31(5,6)32(7,8)39-35)17-30(28)34(20-37-21-34)29(27)16-25/h10-13,16-17,19,22,36H,4,9,14-15,18,20-21H2,1-3,5-8H3/b23-19+/t22-/m0/s1. The summed E-state index contributed by atoms with van der Waals surface area (Å²) in [5.74, 6) is 0.472. The molecule has 2 aromatic rings.